The number of carbonyl (C=O) groups excluding carboxylic acids is 1. The van der Waals surface area contributed by atoms with Gasteiger partial charge < -0.3 is 19.1 Å². The summed E-state index contributed by atoms with van der Waals surface area (Å²) in [4.78, 5) is 16.7. The Morgan fingerprint density at radius 3 is 2.47 bits per heavy atom. The zero-order valence-electron chi connectivity index (χ0n) is 17.8. The summed E-state index contributed by atoms with van der Waals surface area (Å²) >= 11 is 0. The SMILES string of the molecule is C/C=C/c1ccc(OCC(=O)N2CCN(CCOc3ccccc3)CC2)c(OC)c1. The molecule has 1 heterocycles. The average Bonchev–Trinajstić information content (AvgIpc) is 2.79. The van der Waals surface area contributed by atoms with Crippen LogP contribution in [0.25, 0.3) is 6.08 Å². The minimum absolute atomic E-state index is 0.00484. The van der Waals surface area contributed by atoms with Gasteiger partial charge in [-0.25, -0.2) is 0 Å². The lowest BCUT2D eigenvalue weighted by Gasteiger charge is -2.34. The number of rotatable bonds is 9. The van der Waals surface area contributed by atoms with E-state index in [1.54, 1.807) is 7.11 Å². The number of carbonyl (C=O) groups is 1. The van der Waals surface area contributed by atoms with E-state index in [0.29, 0.717) is 31.2 Å². The lowest BCUT2D eigenvalue weighted by molar-refractivity contribution is -0.135. The van der Waals surface area contributed by atoms with E-state index < -0.39 is 0 Å². The number of para-hydroxylation sites is 1. The molecule has 1 aliphatic heterocycles. The van der Waals surface area contributed by atoms with E-state index in [0.717, 1.165) is 30.9 Å². The van der Waals surface area contributed by atoms with Crippen molar-refractivity contribution in [2.75, 3.05) is 53.0 Å². The molecule has 0 saturated carbocycles. The van der Waals surface area contributed by atoms with Crippen LogP contribution in [0.3, 0.4) is 0 Å². The van der Waals surface area contributed by atoms with E-state index in [4.69, 9.17) is 14.2 Å². The van der Waals surface area contributed by atoms with Crippen molar-refractivity contribution in [2.45, 2.75) is 6.92 Å². The Hall–Kier alpha value is -2.99. The summed E-state index contributed by atoms with van der Waals surface area (Å²) in [5.41, 5.74) is 1.03. The standard InChI is InChI=1S/C24H30N2O4/c1-3-7-20-10-11-22(23(18-20)28-2)30-19-24(27)26-14-12-25(13-15-26)16-17-29-21-8-5-4-6-9-21/h3-11,18H,12-17,19H2,1-2H3/b7-3+. The second-order valence-electron chi connectivity index (χ2n) is 7.08. The normalized spacial score (nSPS) is 14.7. The van der Waals surface area contributed by atoms with Gasteiger partial charge in [-0.2, -0.15) is 0 Å². The Balaban J connectivity index is 1.40. The molecule has 1 fully saturated rings. The molecule has 0 N–H and O–H groups in total. The number of nitrogens with zero attached hydrogens (tertiary/aromatic N) is 2. The number of ether oxygens (including phenoxy) is 3. The van der Waals surface area contributed by atoms with Crippen LogP contribution in [0.2, 0.25) is 0 Å². The van der Waals surface area contributed by atoms with Gasteiger partial charge in [0.2, 0.25) is 0 Å². The van der Waals surface area contributed by atoms with Gasteiger partial charge in [0.25, 0.3) is 5.91 Å². The van der Waals surface area contributed by atoms with Gasteiger partial charge in [0.1, 0.15) is 12.4 Å². The fourth-order valence-corrected chi connectivity index (χ4v) is 3.36. The zero-order chi connectivity index (χ0) is 21.2. The first-order chi connectivity index (χ1) is 14.7. The number of amides is 1. The van der Waals surface area contributed by atoms with Crippen LogP contribution in [-0.2, 0) is 4.79 Å². The molecule has 0 aliphatic carbocycles. The summed E-state index contributed by atoms with van der Waals surface area (Å²) in [7, 11) is 1.60. The molecule has 6 nitrogen and oxygen atoms in total. The van der Waals surface area contributed by atoms with Crippen LogP contribution < -0.4 is 14.2 Å². The lowest BCUT2D eigenvalue weighted by atomic mass is 10.2. The molecule has 0 aromatic heterocycles. The minimum Gasteiger partial charge on any atom is -0.493 e. The van der Waals surface area contributed by atoms with E-state index in [1.165, 1.54) is 0 Å². The number of hydrogen-bond acceptors (Lipinski definition) is 5. The maximum atomic E-state index is 12.6. The largest absolute Gasteiger partial charge is 0.493 e. The highest BCUT2D eigenvalue weighted by molar-refractivity contribution is 5.78. The monoisotopic (exact) mass is 410 g/mol. The van der Waals surface area contributed by atoms with Crippen molar-refractivity contribution in [3.8, 4) is 17.2 Å². The maximum absolute atomic E-state index is 12.6. The molecule has 0 spiro atoms. The minimum atomic E-state index is -0.00484. The fourth-order valence-electron chi connectivity index (χ4n) is 3.36. The predicted octanol–water partition coefficient (Wildman–Crippen LogP) is 3.33. The molecule has 0 unspecified atom stereocenters. The van der Waals surface area contributed by atoms with Crippen molar-refractivity contribution >= 4 is 12.0 Å². The molecule has 2 aromatic carbocycles. The number of methoxy groups -OCH3 is 1. The molecule has 1 saturated heterocycles. The highest BCUT2D eigenvalue weighted by Crippen LogP contribution is 2.28. The quantitative estimate of drug-likeness (QED) is 0.635. The lowest BCUT2D eigenvalue weighted by Crippen LogP contribution is -2.50. The van der Waals surface area contributed by atoms with Gasteiger partial charge >= 0.3 is 0 Å². The van der Waals surface area contributed by atoms with Gasteiger partial charge in [0.05, 0.1) is 7.11 Å². The van der Waals surface area contributed by atoms with Crippen molar-refractivity contribution in [3.63, 3.8) is 0 Å². The van der Waals surface area contributed by atoms with Crippen LogP contribution in [-0.4, -0.2) is 68.8 Å². The van der Waals surface area contributed by atoms with E-state index in [9.17, 15) is 4.79 Å². The molecular formula is C24H30N2O4. The summed E-state index contributed by atoms with van der Waals surface area (Å²) in [5.74, 6) is 2.09. The average molecular weight is 411 g/mol. The smallest absolute Gasteiger partial charge is 0.260 e. The summed E-state index contributed by atoms with van der Waals surface area (Å²) in [6, 6.07) is 15.5. The Kier molecular flexibility index (Phi) is 8.15. The molecule has 1 amide bonds. The number of piperazine rings is 1. The van der Waals surface area contributed by atoms with Crippen molar-refractivity contribution in [1.82, 2.24) is 9.80 Å². The summed E-state index contributed by atoms with van der Waals surface area (Å²) in [6.45, 7) is 6.54. The van der Waals surface area contributed by atoms with Crippen molar-refractivity contribution in [2.24, 2.45) is 0 Å². The molecule has 160 valence electrons. The summed E-state index contributed by atoms with van der Waals surface area (Å²) in [6.07, 6.45) is 3.95. The molecular weight excluding hydrogens is 380 g/mol. The molecule has 30 heavy (non-hydrogen) atoms. The van der Waals surface area contributed by atoms with Gasteiger partial charge in [-0.3, -0.25) is 9.69 Å². The Bertz CT molecular complexity index is 830. The predicted molar refractivity (Wildman–Crippen MR) is 118 cm³/mol. The molecule has 1 aliphatic rings. The van der Waals surface area contributed by atoms with Crippen LogP contribution in [0.4, 0.5) is 0 Å². The molecule has 6 heteroatoms. The van der Waals surface area contributed by atoms with Crippen LogP contribution in [0.5, 0.6) is 17.2 Å². The third kappa shape index (κ3) is 6.26. The topological polar surface area (TPSA) is 51.2 Å². The highest BCUT2D eigenvalue weighted by Gasteiger charge is 2.21. The second-order valence-corrected chi connectivity index (χ2v) is 7.08. The Morgan fingerprint density at radius 1 is 1.00 bits per heavy atom. The van der Waals surface area contributed by atoms with E-state index in [1.807, 2.05) is 72.5 Å². The maximum Gasteiger partial charge on any atom is 0.260 e. The molecule has 0 atom stereocenters. The molecule has 3 rings (SSSR count). The fraction of sp³-hybridized carbons (Fsp3) is 0.375. The number of allylic oxidation sites excluding steroid dienone is 1. The van der Waals surface area contributed by atoms with Gasteiger partial charge in [0, 0.05) is 32.7 Å². The molecule has 0 bridgehead atoms. The van der Waals surface area contributed by atoms with Gasteiger partial charge in [0.15, 0.2) is 18.1 Å². The van der Waals surface area contributed by atoms with Crippen LogP contribution in [0, 0.1) is 0 Å². The first-order valence-electron chi connectivity index (χ1n) is 10.3. The van der Waals surface area contributed by atoms with Crippen LogP contribution in [0.15, 0.2) is 54.6 Å². The second kappa shape index (κ2) is 11.3. The van der Waals surface area contributed by atoms with Gasteiger partial charge in [-0.1, -0.05) is 36.4 Å². The molecule has 0 radical (unpaired) electrons. The zero-order valence-corrected chi connectivity index (χ0v) is 17.8. The van der Waals surface area contributed by atoms with Crippen LogP contribution in [0.1, 0.15) is 12.5 Å². The van der Waals surface area contributed by atoms with Crippen molar-refractivity contribution in [3.05, 3.63) is 60.2 Å². The molecule has 2 aromatic rings. The van der Waals surface area contributed by atoms with Gasteiger partial charge in [-0.05, 0) is 36.8 Å². The first-order valence-corrected chi connectivity index (χ1v) is 10.3. The Morgan fingerprint density at radius 2 is 1.77 bits per heavy atom. The summed E-state index contributed by atoms with van der Waals surface area (Å²) in [5, 5.41) is 0. The third-order valence-corrected chi connectivity index (χ3v) is 5.04. The van der Waals surface area contributed by atoms with E-state index >= 15 is 0 Å². The third-order valence-electron chi connectivity index (χ3n) is 5.04. The van der Waals surface area contributed by atoms with Gasteiger partial charge in [-0.15, -0.1) is 0 Å². The Labute approximate surface area is 178 Å². The van der Waals surface area contributed by atoms with Crippen molar-refractivity contribution < 1.29 is 19.0 Å². The van der Waals surface area contributed by atoms with Crippen molar-refractivity contribution in [1.29, 1.82) is 0 Å². The number of hydrogen-bond donors (Lipinski definition) is 0. The summed E-state index contributed by atoms with van der Waals surface area (Å²) < 4.78 is 16.9. The first kappa shape index (κ1) is 21.7. The van der Waals surface area contributed by atoms with Crippen LogP contribution >= 0.6 is 0 Å². The van der Waals surface area contributed by atoms with E-state index in [-0.39, 0.29) is 12.5 Å². The highest BCUT2D eigenvalue weighted by atomic mass is 16.5. The number of benzene rings is 2. The van der Waals surface area contributed by atoms with E-state index in [2.05, 4.69) is 4.90 Å².